The predicted octanol–water partition coefficient (Wildman–Crippen LogP) is 2.91. The van der Waals surface area contributed by atoms with Crippen LogP contribution in [0, 0.1) is 24.2 Å². The van der Waals surface area contributed by atoms with E-state index in [4.69, 9.17) is 14.4 Å². The number of likely N-dealkylation sites (N-methyl/N-ethyl adjacent to an activating group) is 1. The summed E-state index contributed by atoms with van der Waals surface area (Å²) in [5.41, 5.74) is 1.29. The molecule has 1 aromatic heterocycles. The van der Waals surface area contributed by atoms with Gasteiger partial charge in [-0.15, -0.1) is 0 Å². The Bertz CT molecular complexity index is 788. The highest BCUT2D eigenvalue weighted by Crippen LogP contribution is 2.25. The summed E-state index contributed by atoms with van der Waals surface area (Å²) in [6.45, 7) is 5.71. The van der Waals surface area contributed by atoms with Crippen molar-refractivity contribution < 1.29 is 18.7 Å². The molecule has 6 nitrogen and oxygen atoms in total. The minimum Gasteiger partial charge on any atom is -0.450 e. The van der Waals surface area contributed by atoms with Crippen molar-refractivity contribution in [3.8, 4) is 6.07 Å². The third kappa shape index (κ3) is 3.74. The second kappa shape index (κ2) is 7.64. The number of fused-ring (bicyclic) bond motifs is 1. The van der Waals surface area contributed by atoms with Crippen molar-refractivity contribution in [3.05, 3.63) is 35.6 Å². The zero-order chi connectivity index (χ0) is 17.7. The third-order valence-electron chi connectivity index (χ3n) is 3.80. The quantitative estimate of drug-likeness (QED) is 0.761. The van der Waals surface area contributed by atoms with Crippen molar-refractivity contribution >= 4 is 22.8 Å². The number of aryl methyl sites for hydroxylation is 1. The van der Waals surface area contributed by atoms with Gasteiger partial charge in [-0.25, -0.2) is 4.79 Å². The molecular weight excluding hydrogens is 308 g/mol. The Labute approximate surface area is 140 Å². The number of carbonyl (C=O) groups is 2. The molecule has 0 aliphatic carbocycles. The van der Waals surface area contributed by atoms with E-state index >= 15 is 0 Å². The molecule has 126 valence electrons. The normalized spacial score (nSPS) is 11.8. The topological polar surface area (TPSA) is 83.5 Å². The number of nitrogens with zero attached hydrogens (tertiary/aromatic N) is 2. The van der Waals surface area contributed by atoms with Gasteiger partial charge < -0.3 is 14.1 Å². The maximum absolute atomic E-state index is 12.2. The Morgan fingerprint density at radius 3 is 2.71 bits per heavy atom. The van der Waals surface area contributed by atoms with Crippen LogP contribution in [0.4, 0.5) is 0 Å². The number of furan rings is 1. The third-order valence-corrected chi connectivity index (χ3v) is 3.80. The summed E-state index contributed by atoms with van der Waals surface area (Å²) in [5.74, 6) is -1.16. The van der Waals surface area contributed by atoms with Crippen LogP contribution in [0.15, 0.2) is 28.7 Å². The van der Waals surface area contributed by atoms with Crippen LogP contribution in [0.1, 0.15) is 30.0 Å². The van der Waals surface area contributed by atoms with Gasteiger partial charge in [-0.2, -0.15) is 5.26 Å². The average molecular weight is 328 g/mol. The fourth-order valence-electron chi connectivity index (χ4n) is 2.43. The van der Waals surface area contributed by atoms with E-state index < -0.39 is 5.97 Å². The smallest absolute Gasteiger partial charge is 0.375 e. The number of benzene rings is 1. The highest BCUT2D eigenvalue weighted by atomic mass is 16.5. The zero-order valence-electron chi connectivity index (χ0n) is 14.0. The van der Waals surface area contributed by atoms with Crippen LogP contribution in [0.25, 0.3) is 11.0 Å². The lowest BCUT2D eigenvalue weighted by molar-refractivity contribution is -0.134. The molecule has 2 aromatic rings. The minimum atomic E-state index is -0.665. The first-order valence-electron chi connectivity index (χ1n) is 7.80. The minimum absolute atomic E-state index is 0.109. The van der Waals surface area contributed by atoms with E-state index in [1.807, 2.05) is 25.1 Å². The molecule has 1 heterocycles. The second-order valence-corrected chi connectivity index (χ2v) is 5.59. The highest BCUT2D eigenvalue weighted by Gasteiger charge is 2.21. The number of esters is 1. The van der Waals surface area contributed by atoms with E-state index in [0.29, 0.717) is 24.2 Å². The summed E-state index contributed by atoms with van der Waals surface area (Å²) < 4.78 is 10.6. The van der Waals surface area contributed by atoms with Crippen molar-refractivity contribution in [2.75, 3.05) is 19.7 Å². The first-order valence-corrected chi connectivity index (χ1v) is 7.80. The Morgan fingerprint density at radius 2 is 2.08 bits per heavy atom. The maximum Gasteiger partial charge on any atom is 0.375 e. The van der Waals surface area contributed by atoms with Gasteiger partial charge in [0, 0.05) is 24.0 Å². The molecule has 0 unspecified atom stereocenters. The summed E-state index contributed by atoms with van der Waals surface area (Å²) in [6.07, 6.45) is 0. The Balaban J connectivity index is 2.02. The summed E-state index contributed by atoms with van der Waals surface area (Å²) in [5, 5.41) is 9.68. The standard InChI is InChI=1S/C18H20N2O4/c1-4-20(10-12(2)9-19)16(21)11-23-18(22)17-13(3)14-7-5-6-8-15(14)24-17/h5-8,12H,4,10-11H2,1-3H3/t12-/m1/s1. The van der Waals surface area contributed by atoms with Crippen LogP contribution < -0.4 is 0 Å². The lowest BCUT2D eigenvalue weighted by Crippen LogP contribution is -2.37. The predicted molar refractivity (Wildman–Crippen MR) is 88.3 cm³/mol. The van der Waals surface area contributed by atoms with E-state index in [2.05, 4.69) is 6.07 Å². The number of ether oxygens (including phenoxy) is 1. The van der Waals surface area contributed by atoms with Crippen LogP contribution in [0.2, 0.25) is 0 Å². The maximum atomic E-state index is 12.2. The van der Waals surface area contributed by atoms with Crippen LogP contribution in [0.5, 0.6) is 0 Å². The number of carbonyl (C=O) groups excluding carboxylic acids is 2. The van der Waals surface area contributed by atoms with Gasteiger partial charge in [0.2, 0.25) is 5.76 Å². The molecule has 1 atom stereocenters. The molecule has 0 fully saturated rings. The number of hydrogen-bond acceptors (Lipinski definition) is 5. The van der Waals surface area contributed by atoms with Crippen molar-refractivity contribution in [3.63, 3.8) is 0 Å². The molecule has 0 saturated carbocycles. The second-order valence-electron chi connectivity index (χ2n) is 5.59. The Hall–Kier alpha value is -2.81. The number of rotatable bonds is 6. The van der Waals surface area contributed by atoms with E-state index in [1.54, 1.807) is 19.9 Å². The van der Waals surface area contributed by atoms with Crippen LogP contribution in [-0.4, -0.2) is 36.5 Å². The Kier molecular flexibility index (Phi) is 5.59. The van der Waals surface area contributed by atoms with Crippen LogP contribution in [-0.2, 0) is 9.53 Å². The van der Waals surface area contributed by atoms with E-state index in [9.17, 15) is 9.59 Å². The van der Waals surface area contributed by atoms with Gasteiger partial charge in [0.15, 0.2) is 6.61 Å². The van der Waals surface area contributed by atoms with E-state index in [0.717, 1.165) is 5.39 Å². The van der Waals surface area contributed by atoms with Crippen LogP contribution >= 0.6 is 0 Å². The first kappa shape index (κ1) is 17.5. The van der Waals surface area contributed by atoms with Gasteiger partial charge in [0.25, 0.3) is 5.91 Å². The van der Waals surface area contributed by atoms with Gasteiger partial charge in [0.1, 0.15) is 5.58 Å². The molecule has 0 aliphatic heterocycles. The van der Waals surface area contributed by atoms with Crippen molar-refractivity contribution in [1.82, 2.24) is 4.90 Å². The number of hydrogen-bond donors (Lipinski definition) is 0. The molecule has 2 rings (SSSR count). The van der Waals surface area contributed by atoms with E-state index in [1.165, 1.54) is 4.90 Å². The van der Waals surface area contributed by atoms with Crippen LogP contribution in [0.3, 0.4) is 0 Å². The molecule has 0 spiro atoms. The summed E-state index contributed by atoms with van der Waals surface area (Å²) in [6, 6.07) is 9.39. The van der Waals surface area contributed by atoms with Crippen molar-refractivity contribution in [2.24, 2.45) is 5.92 Å². The first-order chi connectivity index (χ1) is 11.5. The molecule has 1 amide bonds. The molecule has 24 heavy (non-hydrogen) atoms. The number of para-hydroxylation sites is 1. The molecular formula is C18H20N2O4. The number of nitriles is 1. The lowest BCUT2D eigenvalue weighted by atomic mass is 10.1. The van der Waals surface area contributed by atoms with Gasteiger partial charge in [0.05, 0.1) is 12.0 Å². The lowest BCUT2D eigenvalue weighted by Gasteiger charge is -2.21. The molecule has 1 aromatic carbocycles. The van der Waals surface area contributed by atoms with Gasteiger partial charge in [-0.05, 0) is 26.8 Å². The fourth-order valence-corrected chi connectivity index (χ4v) is 2.43. The van der Waals surface area contributed by atoms with Gasteiger partial charge in [-0.3, -0.25) is 4.79 Å². The van der Waals surface area contributed by atoms with E-state index in [-0.39, 0.29) is 24.2 Å². The Morgan fingerprint density at radius 1 is 1.38 bits per heavy atom. The molecule has 0 bridgehead atoms. The summed E-state index contributed by atoms with van der Waals surface area (Å²) in [4.78, 5) is 25.8. The molecule has 6 heteroatoms. The molecule has 0 N–H and O–H groups in total. The van der Waals surface area contributed by atoms with Gasteiger partial charge >= 0.3 is 5.97 Å². The number of amides is 1. The summed E-state index contributed by atoms with van der Waals surface area (Å²) in [7, 11) is 0. The fraction of sp³-hybridized carbons (Fsp3) is 0.389. The van der Waals surface area contributed by atoms with Crippen molar-refractivity contribution in [1.29, 1.82) is 5.26 Å². The molecule has 0 saturated heterocycles. The highest BCUT2D eigenvalue weighted by molar-refractivity contribution is 5.96. The molecule has 0 radical (unpaired) electrons. The zero-order valence-corrected chi connectivity index (χ0v) is 14.0. The van der Waals surface area contributed by atoms with Crippen molar-refractivity contribution in [2.45, 2.75) is 20.8 Å². The molecule has 0 aliphatic rings. The SMILES string of the molecule is CCN(C[C@H](C)C#N)C(=O)COC(=O)c1oc2ccccc2c1C. The summed E-state index contributed by atoms with van der Waals surface area (Å²) >= 11 is 0. The average Bonchev–Trinajstić information content (AvgIpc) is 2.94. The van der Waals surface area contributed by atoms with Gasteiger partial charge in [-0.1, -0.05) is 18.2 Å². The largest absolute Gasteiger partial charge is 0.450 e. The monoisotopic (exact) mass is 328 g/mol.